The molecule has 1 aliphatic carbocycles. The molecule has 0 unspecified atom stereocenters. The van der Waals surface area contributed by atoms with Gasteiger partial charge < -0.3 is 20.5 Å². The maximum absolute atomic E-state index is 12.6. The van der Waals surface area contributed by atoms with Crippen molar-refractivity contribution in [1.82, 2.24) is 9.97 Å². The molecule has 12 heteroatoms. The minimum Gasteiger partial charge on any atom is -0.481 e. The first-order chi connectivity index (χ1) is 16.2. The van der Waals surface area contributed by atoms with Crippen LogP contribution in [0.2, 0.25) is 0 Å². The summed E-state index contributed by atoms with van der Waals surface area (Å²) in [6, 6.07) is 6.74. The van der Waals surface area contributed by atoms with E-state index in [0.29, 0.717) is 22.6 Å². The summed E-state index contributed by atoms with van der Waals surface area (Å²) in [5, 5.41) is 27.9. The van der Waals surface area contributed by atoms with Crippen molar-refractivity contribution in [3.05, 3.63) is 53.1 Å². The largest absolute Gasteiger partial charge is 0.490 e. The third-order valence-corrected chi connectivity index (χ3v) is 5.11. The third-order valence-electron chi connectivity index (χ3n) is 5.11. The predicted octanol–water partition coefficient (Wildman–Crippen LogP) is 4.39. The van der Waals surface area contributed by atoms with Crippen LogP contribution in [0.5, 0.6) is 0 Å². The molecule has 2 heterocycles. The number of H-pyrrole nitrogens is 1. The number of anilines is 1. The van der Waals surface area contributed by atoms with Gasteiger partial charge in [0, 0.05) is 6.20 Å². The molecule has 35 heavy (non-hydrogen) atoms. The van der Waals surface area contributed by atoms with Crippen molar-refractivity contribution in [2.75, 3.05) is 5.32 Å². The fraction of sp³-hybridized carbons (Fsp3) is 0.348. The number of nitrogens with one attached hydrogen (secondary N) is 2. The van der Waals surface area contributed by atoms with E-state index in [1.807, 2.05) is 6.07 Å². The Morgan fingerprint density at radius 1 is 1.26 bits per heavy atom. The van der Waals surface area contributed by atoms with Crippen LogP contribution in [0.1, 0.15) is 60.5 Å². The molecule has 0 atom stereocenters. The fourth-order valence-electron chi connectivity index (χ4n) is 3.17. The Balaban J connectivity index is 0.000000540. The number of hydrogen-bond acceptors (Lipinski definition) is 5. The Kier molecular flexibility index (Phi) is 8.41. The summed E-state index contributed by atoms with van der Waals surface area (Å²) < 4.78 is 31.7. The van der Waals surface area contributed by atoms with Crippen LogP contribution in [-0.2, 0) is 16.0 Å². The van der Waals surface area contributed by atoms with Gasteiger partial charge in [-0.05, 0) is 48.4 Å². The Labute approximate surface area is 198 Å². The summed E-state index contributed by atoms with van der Waals surface area (Å²) in [5.41, 5.74) is 3.44. The van der Waals surface area contributed by atoms with Crippen LogP contribution in [-0.4, -0.2) is 44.2 Å². The number of amides is 1. The van der Waals surface area contributed by atoms with E-state index in [2.05, 4.69) is 35.2 Å². The number of aromatic amines is 1. The number of rotatable bonds is 5. The molecule has 0 bridgehead atoms. The zero-order valence-electron chi connectivity index (χ0n) is 18.9. The summed E-state index contributed by atoms with van der Waals surface area (Å²) in [6.45, 7) is 4.41. The average Bonchev–Trinajstić information content (AvgIpc) is 3.24. The van der Waals surface area contributed by atoms with Gasteiger partial charge in [0.05, 0.1) is 29.1 Å². The number of carboxylic acids is 2. The maximum atomic E-state index is 12.6. The lowest BCUT2D eigenvalue weighted by molar-refractivity contribution is -0.192. The van der Waals surface area contributed by atoms with Crippen molar-refractivity contribution < 1.29 is 37.8 Å². The van der Waals surface area contributed by atoms with Crippen LogP contribution in [0.4, 0.5) is 18.9 Å². The zero-order chi connectivity index (χ0) is 26.4. The number of aromatic nitrogens is 2. The minimum absolute atomic E-state index is 0.178. The zero-order valence-corrected chi connectivity index (χ0v) is 18.9. The molecule has 186 valence electrons. The lowest BCUT2D eigenvalue weighted by atomic mass is 9.77. The van der Waals surface area contributed by atoms with Gasteiger partial charge in [-0.2, -0.15) is 18.4 Å². The van der Waals surface area contributed by atoms with Crippen LogP contribution in [0.3, 0.4) is 0 Å². The van der Waals surface area contributed by atoms with Crippen LogP contribution in [0.25, 0.3) is 5.57 Å². The van der Waals surface area contributed by atoms with Crippen LogP contribution in [0, 0.1) is 16.7 Å². The van der Waals surface area contributed by atoms with E-state index in [4.69, 9.17) is 20.3 Å². The van der Waals surface area contributed by atoms with Crippen molar-refractivity contribution in [3.63, 3.8) is 0 Å². The third kappa shape index (κ3) is 7.99. The second-order valence-electron chi connectivity index (χ2n) is 8.54. The van der Waals surface area contributed by atoms with Gasteiger partial charge in [0.25, 0.3) is 5.91 Å². The van der Waals surface area contributed by atoms with Crippen molar-refractivity contribution in [2.45, 2.75) is 45.7 Å². The number of pyridine rings is 1. The molecule has 0 saturated carbocycles. The topological polar surface area (TPSA) is 156 Å². The lowest BCUT2D eigenvalue weighted by Gasteiger charge is -2.29. The van der Waals surface area contributed by atoms with Gasteiger partial charge in [0.2, 0.25) is 0 Å². The van der Waals surface area contributed by atoms with Gasteiger partial charge in [-0.25, -0.2) is 4.79 Å². The number of aliphatic carboxylic acids is 2. The molecule has 0 spiro atoms. The van der Waals surface area contributed by atoms with Gasteiger partial charge in [-0.3, -0.25) is 14.6 Å². The molecule has 1 amide bonds. The normalized spacial score (nSPS) is 14.6. The molecular formula is C23H23F3N4O5. The highest BCUT2D eigenvalue weighted by Gasteiger charge is 2.38. The van der Waals surface area contributed by atoms with E-state index in [9.17, 15) is 22.8 Å². The van der Waals surface area contributed by atoms with E-state index in [0.717, 1.165) is 24.8 Å². The standard InChI is InChI=1S/C21H22N4O3.C2HF3O2/c1-21(2)7-5-14(6-8-21)19-16(4-3-15(24-19)10-18(26)27)25-20(28)17-9-13(11-22)12-23-17;3-2(4,5)1(6)7/h3-5,9,12,23H,6-8,10H2,1-2H3,(H,25,28)(H,26,27);(H,6,7). The average molecular weight is 492 g/mol. The Morgan fingerprint density at radius 2 is 1.91 bits per heavy atom. The second kappa shape index (κ2) is 10.9. The Bertz CT molecular complexity index is 1190. The summed E-state index contributed by atoms with van der Waals surface area (Å²) in [6.07, 6.45) is 1.01. The molecular weight excluding hydrogens is 469 g/mol. The van der Waals surface area contributed by atoms with Crippen LogP contribution < -0.4 is 5.32 Å². The van der Waals surface area contributed by atoms with E-state index in [1.54, 1.807) is 12.1 Å². The maximum Gasteiger partial charge on any atom is 0.490 e. The summed E-state index contributed by atoms with van der Waals surface area (Å²) in [4.78, 5) is 39.8. The predicted molar refractivity (Wildman–Crippen MR) is 118 cm³/mol. The first-order valence-corrected chi connectivity index (χ1v) is 10.3. The second-order valence-corrected chi connectivity index (χ2v) is 8.54. The number of hydrogen-bond donors (Lipinski definition) is 4. The minimum atomic E-state index is -5.08. The monoisotopic (exact) mass is 492 g/mol. The smallest absolute Gasteiger partial charge is 0.481 e. The number of carbonyl (C=O) groups excluding carboxylic acids is 1. The van der Waals surface area contributed by atoms with Crippen LogP contribution >= 0.6 is 0 Å². The van der Waals surface area contributed by atoms with Crippen molar-refractivity contribution >= 4 is 29.1 Å². The van der Waals surface area contributed by atoms with Gasteiger partial charge in [-0.1, -0.05) is 19.9 Å². The number of alkyl halides is 3. The molecule has 2 aromatic rings. The highest BCUT2D eigenvalue weighted by molar-refractivity contribution is 6.04. The first-order valence-electron chi connectivity index (χ1n) is 10.3. The lowest BCUT2D eigenvalue weighted by Crippen LogP contribution is -2.21. The first kappa shape index (κ1) is 27.1. The van der Waals surface area contributed by atoms with Gasteiger partial charge in [0.1, 0.15) is 11.8 Å². The molecule has 1 aliphatic rings. The van der Waals surface area contributed by atoms with Crippen molar-refractivity contribution in [1.29, 1.82) is 5.26 Å². The van der Waals surface area contributed by atoms with Crippen molar-refractivity contribution in [3.8, 4) is 6.07 Å². The van der Waals surface area contributed by atoms with E-state index >= 15 is 0 Å². The summed E-state index contributed by atoms with van der Waals surface area (Å²) >= 11 is 0. The number of carboxylic acid groups (broad SMARTS) is 2. The van der Waals surface area contributed by atoms with Gasteiger partial charge >= 0.3 is 18.1 Å². The Morgan fingerprint density at radius 3 is 2.40 bits per heavy atom. The highest BCUT2D eigenvalue weighted by atomic mass is 19.4. The molecule has 9 nitrogen and oxygen atoms in total. The highest BCUT2D eigenvalue weighted by Crippen LogP contribution is 2.39. The molecule has 0 fully saturated rings. The summed E-state index contributed by atoms with van der Waals surface area (Å²) in [7, 11) is 0. The van der Waals surface area contributed by atoms with Gasteiger partial charge in [0.15, 0.2) is 0 Å². The molecule has 0 radical (unpaired) electrons. The van der Waals surface area contributed by atoms with E-state index in [-0.39, 0.29) is 23.4 Å². The molecule has 3 rings (SSSR count). The van der Waals surface area contributed by atoms with Gasteiger partial charge in [-0.15, -0.1) is 0 Å². The van der Waals surface area contributed by atoms with Crippen LogP contribution in [0.15, 0.2) is 30.5 Å². The van der Waals surface area contributed by atoms with E-state index in [1.165, 1.54) is 12.3 Å². The number of carbonyl (C=O) groups is 3. The number of halogens is 3. The van der Waals surface area contributed by atoms with E-state index < -0.39 is 18.1 Å². The fourth-order valence-corrected chi connectivity index (χ4v) is 3.17. The molecule has 0 saturated heterocycles. The van der Waals surface area contributed by atoms with Crippen molar-refractivity contribution in [2.24, 2.45) is 5.41 Å². The summed E-state index contributed by atoms with van der Waals surface area (Å²) in [5.74, 6) is -4.09. The Hall–Kier alpha value is -4.14. The molecule has 2 aromatic heterocycles. The number of nitrogens with zero attached hydrogens (tertiary/aromatic N) is 2. The number of allylic oxidation sites excluding steroid dienone is 2. The number of nitriles is 1. The molecule has 0 aliphatic heterocycles. The molecule has 0 aromatic carbocycles. The quantitative estimate of drug-likeness (QED) is 0.482. The molecule has 4 N–H and O–H groups in total. The SMILES string of the molecule is CC1(C)CC=C(c2nc(CC(=O)O)ccc2NC(=O)c2cc(C#N)c[nH]2)CC1.O=C(O)C(F)(F)F.